The van der Waals surface area contributed by atoms with Crippen molar-refractivity contribution in [3.63, 3.8) is 0 Å². The highest BCUT2D eigenvalue weighted by atomic mass is 15.0. The SMILES string of the molecule is CCC(C)Nc1ccc(C2CCCCN2)cn1. The van der Waals surface area contributed by atoms with E-state index in [2.05, 4.69) is 41.6 Å². The Balaban J connectivity index is 1.97. The van der Waals surface area contributed by atoms with Crippen LogP contribution in [0.15, 0.2) is 18.3 Å². The van der Waals surface area contributed by atoms with Gasteiger partial charge in [-0.25, -0.2) is 4.98 Å². The molecule has 0 radical (unpaired) electrons. The lowest BCUT2D eigenvalue weighted by Gasteiger charge is -2.23. The lowest BCUT2D eigenvalue weighted by molar-refractivity contribution is 0.411. The van der Waals surface area contributed by atoms with Crippen LogP contribution < -0.4 is 10.6 Å². The number of piperidine rings is 1. The molecule has 1 aromatic rings. The highest BCUT2D eigenvalue weighted by Gasteiger charge is 2.14. The van der Waals surface area contributed by atoms with Gasteiger partial charge in [0.25, 0.3) is 0 Å². The van der Waals surface area contributed by atoms with E-state index in [0.29, 0.717) is 12.1 Å². The minimum atomic E-state index is 0.487. The molecule has 1 saturated heterocycles. The average Bonchev–Trinajstić information content (AvgIpc) is 2.40. The van der Waals surface area contributed by atoms with Crippen LogP contribution >= 0.6 is 0 Å². The zero-order valence-electron chi connectivity index (χ0n) is 10.9. The summed E-state index contributed by atoms with van der Waals surface area (Å²) in [6.45, 7) is 5.49. The molecule has 1 fully saturated rings. The van der Waals surface area contributed by atoms with Crippen molar-refractivity contribution in [3.8, 4) is 0 Å². The van der Waals surface area contributed by atoms with Crippen molar-refractivity contribution in [1.82, 2.24) is 10.3 Å². The zero-order chi connectivity index (χ0) is 12.1. The largest absolute Gasteiger partial charge is 0.368 e. The molecule has 94 valence electrons. The monoisotopic (exact) mass is 233 g/mol. The molecule has 2 atom stereocenters. The van der Waals surface area contributed by atoms with Gasteiger partial charge in [0.05, 0.1) is 0 Å². The topological polar surface area (TPSA) is 37.0 Å². The molecule has 2 rings (SSSR count). The molecule has 0 aromatic carbocycles. The zero-order valence-corrected chi connectivity index (χ0v) is 10.9. The van der Waals surface area contributed by atoms with Gasteiger partial charge in [0.15, 0.2) is 0 Å². The van der Waals surface area contributed by atoms with Crippen molar-refractivity contribution in [3.05, 3.63) is 23.9 Å². The molecule has 3 nitrogen and oxygen atoms in total. The molecule has 2 unspecified atom stereocenters. The van der Waals surface area contributed by atoms with Crippen LogP contribution in [0.4, 0.5) is 5.82 Å². The Morgan fingerprint density at radius 1 is 1.47 bits per heavy atom. The number of nitrogens with one attached hydrogen (secondary N) is 2. The molecule has 2 N–H and O–H groups in total. The van der Waals surface area contributed by atoms with Crippen molar-refractivity contribution < 1.29 is 0 Å². The van der Waals surface area contributed by atoms with Gasteiger partial charge >= 0.3 is 0 Å². The van der Waals surface area contributed by atoms with E-state index in [1.807, 2.05) is 6.20 Å². The number of pyridine rings is 1. The van der Waals surface area contributed by atoms with Crippen LogP contribution in [-0.2, 0) is 0 Å². The number of rotatable bonds is 4. The maximum atomic E-state index is 4.49. The van der Waals surface area contributed by atoms with Crippen molar-refractivity contribution in [2.45, 2.75) is 51.6 Å². The minimum Gasteiger partial charge on any atom is -0.368 e. The van der Waals surface area contributed by atoms with Gasteiger partial charge in [-0.1, -0.05) is 19.4 Å². The Hall–Kier alpha value is -1.09. The first kappa shape index (κ1) is 12.4. The molecule has 1 aliphatic rings. The summed E-state index contributed by atoms with van der Waals surface area (Å²) >= 11 is 0. The number of anilines is 1. The van der Waals surface area contributed by atoms with E-state index in [9.17, 15) is 0 Å². The van der Waals surface area contributed by atoms with E-state index in [1.165, 1.54) is 24.8 Å². The van der Waals surface area contributed by atoms with Crippen molar-refractivity contribution in [2.75, 3.05) is 11.9 Å². The van der Waals surface area contributed by atoms with Crippen LogP contribution in [0.25, 0.3) is 0 Å². The first-order chi connectivity index (χ1) is 8.29. The van der Waals surface area contributed by atoms with Gasteiger partial charge in [0.2, 0.25) is 0 Å². The second-order valence-electron chi connectivity index (χ2n) is 4.93. The summed E-state index contributed by atoms with van der Waals surface area (Å²) in [4.78, 5) is 4.49. The third-order valence-corrected chi connectivity index (χ3v) is 3.51. The number of aromatic nitrogens is 1. The van der Waals surface area contributed by atoms with E-state index in [-0.39, 0.29) is 0 Å². The van der Waals surface area contributed by atoms with Gasteiger partial charge in [0.1, 0.15) is 5.82 Å². The standard InChI is InChI=1S/C14H23N3/c1-3-11(2)17-14-8-7-12(10-16-14)13-6-4-5-9-15-13/h7-8,10-11,13,15H,3-6,9H2,1-2H3,(H,16,17). The fourth-order valence-electron chi connectivity index (χ4n) is 2.19. The molecule has 2 heterocycles. The molecular weight excluding hydrogens is 210 g/mol. The molecular formula is C14H23N3. The summed E-state index contributed by atoms with van der Waals surface area (Å²) in [5.74, 6) is 0.985. The molecule has 0 bridgehead atoms. The van der Waals surface area contributed by atoms with Crippen molar-refractivity contribution in [2.24, 2.45) is 0 Å². The van der Waals surface area contributed by atoms with Crippen LogP contribution in [0.2, 0.25) is 0 Å². The van der Waals surface area contributed by atoms with Gasteiger partial charge in [-0.3, -0.25) is 0 Å². The van der Waals surface area contributed by atoms with Gasteiger partial charge in [-0.15, -0.1) is 0 Å². The summed E-state index contributed by atoms with van der Waals surface area (Å²) in [7, 11) is 0. The first-order valence-electron chi connectivity index (χ1n) is 6.75. The van der Waals surface area contributed by atoms with Gasteiger partial charge in [-0.2, -0.15) is 0 Å². The maximum absolute atomic E-state index is 4.49. The summed E-state index contributed by atoms with van der Waals surface area (Å²) in [6.07, 6.45) is 6.99. The number of hydrogen-bond donors (Lipinski definition) is 2. The predicted octanol–water partition coefficient (Wildman–Crippen LogP) is 3.11. The maximum Gasteiger partial charge on any atom is 0.126 e. The molecule has 17 heavy (non-hydrogen) atoms. The third kappa shape index (κ3) is 3.43. The highest BCUT2D eigenvalue weighted by molar-refractivity contribution is 5.37. The second kappa shape index (κ2) is 6.01. The van der Waals surface area contributed by atoms with Gasteiger partial charge < -0.3 is 10.6 Å². The molecule has 0 spiro atoms. The summed E-state index contributed by atoms with van der Waals surface area (Å²) in [6, 6.07) is 5.29. The quantitative estimate of drug-likeness (QED) is 0.839. The second-order valence-corrected chi connectivity index (χ2v) is 4.93. The van der Waals surface area contributed by atoms with Crippen LogP contribution in [0.1, 0.15) is 51.1 Å². The number of nitrogens with zero attached hydrogens (tertiary/aromatic N) is 1. The Bertz CT molecular complexity index is 328. The van der Waals surface area contributed by atoms with Crippen molar-refractivity contribution >= 4 is 5.82 Å². The fourth-order valence-corrected chi connectivity index (χ4v) is 2.19. The Kier molecular flexibility index (Phi) is 4.37. The Morgan fingerprint density at radius 3 is 2.94 bits per heavy atom. The van der Waals surface area contributed by atoms with E-state index in [1.54, 1.807) is 0 Å². The van der Waals surface area contributed by atoms with Gasteiger partial charge in [-0.05, 0) is 44.4 Å². The highest BCUT2D eigenvalue weighted by Crippen LogP contribution is 2.22. The normalized spacial score (nSPS) is 22.1. The van der Waals surface area contributed by atoms with Crippen LogP contribution in [0.5, 0.6) is 0 Å². The molecule has 0 aliphatic carbocycles. The molecule has 0 amide bonds. The fraction of sp³-hybridized carbons (Fsp3) is 0.643. The lowest BCUT2D eigenvalue weighted by Crippen LogP contribution is -2.26. The summed E-state index contributed by atoms with van der Waals surface area (Å²) in [5, 5.41) is 6.94. The molecule has 1 aliphatic heterocycles. The van der Waals surface area contributed by atoms with E-state index in [4.69, 9.17) is 0 Å². The van der Waals surface area contributed by atoms with Crippen LogP contribution in [0, 0.1) is 0 Å². The Morgan fingerprint density at radius 2 is 2.35 bits per heavy atom. The molecule has 1 aromatic heterocycles. The van der Waals surface area contributed by atoms with Crippen LogP contribution in [-0.4, -0.2) is 17.6 Å². The van der Waals surface area contributed by atoms with E-state index in [0.717, 1.165) is 18.8 Å². The summed E-state index contributed by atoms with van der Waals surface area (Å²) < 4.78 is 0. The van der Waals surface area contributed by atoms with E-state index < -0.39 is 0 Å². The average molecular weight is 233 g/mol. The van der Waals surface area contributed by atoms with E-state index >= 15 is 0 Å². The number of hydrogen-bond acceptors (Lipinski definition) is 3. The first-order valence-corrected chi connectivity index (χ1v) is 6.75. The Labute approximate surface area is 104 Å². The minimum absolute atomic E-state index is 0.487. The van der Waals surface area contributed by atoms with Crippen LogP contribution in [0.3, 0.4) is 0 Å². The lowest BCUT2D eigenvalue weighted by atomic mass is 9.99. The van der Waals surface area contributed by atoms with Gasteiger partial charge in [0, 0.05) is 18.3 Å². The molecule has 3 heteroatoms. The summed E-state index contributed by atoms with van der Waals surface area (Å²) in [5.41, 5.74) is 1.32. The predicted molar refractivity (Wildman–Crippen MR) is 72.2 cm³/mol. The third-order valence-electron chi connectivity index (χ3n) is 3.51. The molecule has 0 saturated carbocycles. The van der Waals surface area contributed by atoms with Crippen molar-refractivity contribution in [1.29, 1.82) is 0 Å². The smallest absolute Gasteiger partial charge is 0.126 e.